The largest absolute Gasteiger partial charge is 0.491 e. The second-order valence-corrected chi connectivity index (χ2v) is 4.22. The molecule has 1 rings (SSSR count). The van der Waals surface area contributed by atoms with Crippen molar-refractivity contribution in [3.63, 3.8) is 0 Å². The average Bonchev–Trinajstić information content (AvgIpc) is 2.27. The van der Waals surface area contributed by atoms with Crippen molar-refractivity contribution >= 4 is 0 Å². The summed E-state index contributed by atoms with van der Waals surface area (Å²) in [6.07, 6.45) is 1.57. The molecule has 0 amide bonds. The molecular weight excluding hydrogens is 216 g/mol. The fourth-order valence-electron chi connectivity index (χ4n) is 1.15. The van der Waals surface area contributed by atoms with Crippen LogP contribution in [0.4, 0.5) is 0 Å². The monoisotopic (exact) mass is 236 g/mol. The fraction of sp³-hybridized carbons (Fsp3) is 0.429. The Labute approximate surface area is 103 Å². The molecule has 0 aromatic heterocycles. The van der Waals surface area contributed by atoms with Gasteiger partial charge in [-0.05, 0) is 51.1 Å². The predicted octanol–water partition coefficient (Wildman–Crippen LogP) is 2.79. The molecule has 0 spiro atoms. The topological polar surface area (TPSA) is 38.7 Å². The van der Waals surface area contributed by atoms with Crippen LogP contribution in [-0.2, 0) is 0 Å². The summed E-state index contributed by atoms with van der Waals surface area (Å²) in [5, 5.41) is 9.08. The SMILES string of the molecule is CC(C)=CCOc1ccc(OCC(C)O)cc1. The standard InChI is InChI=1S/C14H20O3/c1-11(2)8-9-16-13-4-6-14(7-5-13)17-10-12(3)15/h4-8,12,15H,9-10H2,1-3H3. The normalized spacial score (nSPS) is 11.8. The van der Waals surface area contributed by atoms with E-state index in [1.807, 2.05) is 44.2 Å². The molecule has 1 unspecified atom stereocenters. The maximum absolute atomic E-state index is 9.08. The minimum atomic E-state index is -0.455. The number of rotatable bonds is 6. The van der Waals surface area contributed by atoms with Gasteiger partial charge in [-0.15, -0.1) is 0 Å². The lowest BCUT2D eigenvalue weighted by atomic mass is 10.3. The molecule has 0 aliphatic carbocycles. The number of ether oxygens (including phenoxy) is 2. The molecule has 0 radical (unpaired) electrons. The Morgan fingerprint density at radius 1 is 1.18 bits per heavy atom. The van der Waals surface area contributed by atoms with Crippen LogP contribution in [0.2, 0.25) is 0 Å². The molecule has 94 valence electrons. The van der Waals surface area contributed by atoms with Crippen molar-refractivity contribution in [2.24, 2.45) is 0 Å². The summed E-state index contributed by atoms with van der Waals surface area (Å²) >= 11 is 0. The number of hydrogen-bond acceptors (Lipinski definition) is 3. The van der Waals surface area contributed by atoms with Gasteiger partial charge in [-0.2, -0.15) is 0 Å². The zero-order chi connectivity index (χ0) is 12.7. The smallest absolute Gasteiger partial charge is 0.120 e. The molecule has 1 aromatic rings. The molecule has 3 heteroatoms. The van der Waals surface area contributed by atoms with Crippen molar-refractivity contribution in [1.82, 2.24) is 0 Å². The van der Waals surface area contributed by atoms with E-state index in [2.05, 4.69) is 0 Å². The summed E-state index contributed by atoms with van der Waals surface area (Å²) in [6, 6.07) is 7.38. The molecule has 1 N–H and O–H groups in total. The Morgan fingerprint density at radius 3 is 2.18 bits per heavy atom. The summed E-state index contributed by atoms with van der Waals surface area (Å²) in [4.78, 5) is 0. The van der Waals surface area contributed by atoms with E-state index >= 15 is 0 Å². The molecule has 1 aromatic carbocycles. The Kier molecular flexibility index (Phi) is 5.57. The molecule has 0 aliphatic heterocycles. The third-order valence-corrected chi connectivity index (χ3v) is 2.06. The van der Waals surface area contributed by atoms with Crippen LogP contribution in [0.25, 0.3) is 0 Å². The van der Waals surface area contributed by atoms with E-state index in [0.29, 0.717) is 13.2 Å². The van der Waals surface area contributed by atoms with Gasteiger partial charge in [0.25, 0.3) is 0 Å². The molecule has 0 heterocycles. The maximum Gasteiger partial charge on any atom is 0.120 e. The molecule has 0 bridgehead atoms. The first-order valence-electron chi connectivity index (χ1n) is 5.75. The third-order valence-electron chi connectivity index (χ3n) is 2.06. The van der Waals surface area contributed by atoms with E-state index in [1.165, 1.54) is 5.57 Å². The van der Waals surface area contributed by atoms with E-state index in [9.17, 15) is 0 Å². The number of hydrogen-bond donors (Lipinski definition) is 1. The molecule has 0 saturated carbocycles. The van der Waals surface area contributed by atoms with Crippen LogP contribution in [0.15, 0.2) is 35.9 Å². The molecule has 17 heavy (non-hydrogen) atoms. The van der Waals surface area contributed by atoms with Crippen LogP contribution >= 0.6 is 0 Å². The van der Waals surface area contributed by atoms with E-state index in [1.54, 1.807) is 6.92 Å². The van der Waals surface area contributed by atoms with E-state index < -0.39 is 6.10 Å². The maximum atomic E-state index is 9.08. The first kappa shape index (κ1) is 13.6. The third kappa shape index (κ3) is 5.97. The first-order chi connectivity index (χ1) is 8.08. The van der Waals surface area contributed by atoms with Gasteiger partial charge in [0, 0.05) is 0 Å². The number of aliphatic hydroxyl groups is 1. The van der Waals surface area contributed by atoms with Gasteiger partial charge in [-0.25, -0.2) is 0 Å². The Bertz CT molecular complexity index is 348. The number of aliphatic hydroxyl groups excluding tert-OH is 1. The highest BCUT2D eigenvalue weighted by Crippen LogP contribution is 2.17. The van der Waals surface area contributed by atoms with Crippen molar-refractivity contribution in [3.8, 4) is 11.5 Å². The summed E-state index contributed by atoms with van der Waals surface area (Å²) < 4.78 is 10.9. The summed E-state index contributed by atoms with van der Waals surface area (Å²) in [5.41, 5.74) is 1.24. The molecule has 0 fully saturated rings. The highest BCUT2D eigenvalue weighted by atomic mass is 16.5. The van der Waals surface area contributed by atoms with Gasteiger partial charge >= 0.3 is 0 Å². The van der Waals surface area contributed by atoms with Gasteiger partial charge < -0.3 is 14.6 Å². The lowest BCUT2D eigenvalue weighted by Gasteiger charge is -2.09. The van der Waals surface area contributed by atoms with Crippen molar-refractivity contribution in [2.75, 3.05) is 13.2 Å². The van der Waals surface area contributed by atoms with Crippen LogP contribution < -0.4 is 9.47 Å². The fourth-order valence-corrected chi connectivity index (χ4v) is 1.15. The zero-order valence-electron chi connectivity index (χ0n) is 10.6. The van der Waals surface area contributed by atoms with Crippen molar-refractivity contribution in [1.29, 1.82) is 0 Å². The minimum Gasteiger partial charge on any atom is -0.491 e. The van der Waals surface area contributed by atoms with E-state index in [-0.39, 0.29) is 0 Å². The van der Waals surface area contributed by atoms with Crippen LogP contribution in [0.1, 0.15) is 20.8 Å². The predicted molar refractivity (Wildman–Crippen MR) is 68.5 cm³/mol. The minimum absolute atomic E-state index is 0.304. The van der Waals surface area contributed by atoms with Crippen molar-refractivity contribution < 1.29 is 14.6 Å². The quantitative estimate of drug-likeness (QED) is 0.772. The van der Waals surface area contributed by atoms with Crippen molar-refractivity contribution in [3.05, 3.63) is 35.9 Å². The second-order valence-electron chi connectivity index (χ2n) is 4.22. The number of allylic oxidation sites excluding steroid dienone is 1. The Hall–Kier alpha value is -1.48. The summed E-state index contributed by atoms with van der Waals surface area (Å²) in [6.45, 7) is 6.65. The average molecular weight is 236 g/mol. The van der Waals surface area contributed by atoms with Gasteiger partial charge in [-0.1, -0.05) is 5.57 Å². The Balaban J connectivity index is 2.42. The van der Waals surface area contributed by atoms with Gasteiger partial charge in [0.1, 0.15) is 24.7 Å². The van der Waals surface area contributed by atoms with Crippen LogP contribution in [0.3, 0.4) is 0 Å². The van der Waals surface area contributed by atoms with Gasteiger partial charge in [0.15, 0.2) is 0 Å². The lowest BCUT2D eigenvalue weighted by Crippen LogP contribution is -2.12. The van der Waals surface area contributed by atoms with Gasteiger partial charge in [0.2, 0.25) is 0 Å². The second kappa shape index (κ2) is 6.97. The first-order valence-corrected chi connectivity index (χ1v) is 5.75. The molecule has 3 nitrogen and oxygen atoms in total. The molecular formula is C14H20O3. The lowest BCUT2D eigenvalue weighted by molar-refractivity contribution is 0.122. The Morgan fingerprint density at radius 2 is 1.71 bits per heavy atom. The van der Waals surface area contributed by atoms with Crippen molar-refractivity contribution in [2.45, 2.75) is 26.9 Å². The zero-order valence-corrected chi connectivity index (χ0v) is 10.6. The van der Waals surface area contributed by atoms with Crippen LogP contribution in [-0.4, -0.2) is 24.4 Å². The highest BCUT2D eigenvalue weighted by Gasteiger charge is 1.98. The van der Waals surface area contributed by atoms with Gasteiger partial charge in [0.05, 0.1) is 6.10 Å². The van der Waals surface area contributed by atoms with Crippen LogP contribution in [0.5, 0.6) is 11.5 Å². The number of benzene rings is 1. The van der Waals surface area contributed by atoms with E-state index in [4.69, 9.17) is 14.6 Å². The van der Waals surface area contributed by atoms with Crippen LogP contribution in [0, 0.1) is 0 Å². The highest BCUT2D eigenvalue weighted by molar-refractivity contribution is 5.31. The summed E-state index contributed by atoms with van der Waals surface area (Å²) in [7, 11) is 0. The summed E-state index contributed by atoms with van der Waals surface area (Å²) in [5.74, 6) is 1.55. The molecule has 1 atom stereocenters. The molecule has 0 aliphatic rings. The molecule has 0 saturated heterocycles. The van der Waals surface area contributed by atoms with Gasteiger partial charge in [-0.3, -0.25) is 0 Å². The van der Waals surface area contributed by atoms with E-state index in [0.717, 1.165) is 11.5 Å².